The van der Waals surface area contributed by atoms with Gasteiger partial charge in [-0.3, -0.25) is 9.69 Å². The molecule has 1 amide bonds. The molecule has 5 rings (SSSR count). The standard InChI is InChI=1S/C26H26BrNO5S/c1-26(2,3)33-25(31)28-18-8-6-15(11-18)22(28)24(30)32-13-20(29)21-12-16-5-4-14-10-17(27)7-9-19(14)23(16)34-21/h4-5,7,9-10,12,15,18,22H,6,8,11,13H2,1-3H3/t15-,18+,22-/m0/s1. The third-order valence-corrected chi connectivity index (χ3v) is 8.23. The van der Waals surface area contributed by atoms with Gasteiger partial charge in [0.2, 0.25) is 5.78 Å². The molecule has 0 N–H and O–H groups in total. The zero-order chi connectivity index (χ0) is 24.2. The molecule has 6 nitrogen and oxygen atoms in total. The fourth-order valence-corrected chi connectivity index (χ4v) is 6.59. The fourth-order valence-electron chi connectivity index (χ4n) is 5.10. The van der Waals surface area contributed by atoms with Gasteiger partial charge in [-0.05, 0) is 80.3 Å². The molecule has 1 aromatic heterocycles. The summed E-state index contributed by atoms with van der Waals surface area (Å²) in [7, 11) is 0. The van der Waals surface area contributed by atoms with E-state index in [4.69, 9.17) is 9.47 Å². The van der Waals surface area contributed by atoms with E-state index in [0.29, 0.717) is 4.88 Å². The van der Waals surface area contributed by atoms with Crippen molar-refractivity contribution in [1.82, 2.24) is 4.90 Å². The number of likely N-dealkylation sites (tertiary alicyclic amines) is 1. The van der Waals surface area contributed by atoms with E-state index in [1.54, 1.807) is 20.8 Å². The van der Waals surface area contributed by atoms with Gasteiger partial charge < -0.3 is 9.47 Å². The van der Waals surface area contributed by atoms with Crippen molar-refractivity contribution in [2.45, 2.75) is 57.7 Å². The summed E-state index contributed by atoms with van der Waals surface area (Å²) in [5, 5.41) is 3.16. The van der Waals surface area contributed by atoms with Gasteiger partial charge in [-0.25, -0.2) is 9.59 Å². The summed E-state index contributed by atoms with van der Waals surface area (Å²) in [6.07, 6.45) is 2.01. The fraction of sp³-hybridized carbons (Fsp3) is 0.423. The average Bonchev–Trinajstić information content (AvgIpc) is 3.49. The molecule has 2 aliphatic rings. The number of carbonyl (C=O) groups is 3. The minimum absolute atomic E-state index is 0.0102. The first-order valence-electron chi connectivity index (χ1n) is 11.4. The summed E-state index contributed by atoms with van der Waals surface area (Å²) in [4.78, 5) is 40.8. The zero-order valence-corrected chi connectivity index (χ0v) is 21.7. The topological polar surface area (TPSA) is 72.9 Å². The van der Waals surface area contributed by atoms with Crippen LogP contribution in [0.15, 0.2) is 40.9 Å². The lowest BCUT2D eigenvalue weighted by atomic mass is 9.99. The van der Waals surface area contributed by atoms with Crippen LogP contribution < -0.4 is 0 Å². The lowest BCUT2D eigenvalue weighted by molar-refractivity contribution is -0.150. The van der Waals surface area contributed by atoms with Crippen LogP contribution in [0.2, 0.25) is 0 Å². The number of ketones is 1. The number of carbonyl (C=O) groups excluding carboxylic acids is 3. The molecule has 178 valence electrons. The monoisotopic (exact) mass is 543 g/mol. The summed E-state index contributed by atoms with van der Waals surface area (Å²) in [5.41, 5.74) is -0.648. The number of esters is 1. The second kappa shape index (κ2) is 8.64. The highest BCUT2D eigenvalue weighted by Gasteiger charge is 2.53. The summed E-state index contributed by atoms with van der Waals surface area (Å²) in [6, 6.07) is 11.2. The van der Waals surface area contributed by atoms with Crippen LogP contribution in [0.1, 0.15) is 49.7 Å². The molecule has 1 aliphatic heterocycles. The van der Waals surface area contributed by atoms with Gasteiger partial charge in [0.25, 0.3) is 0 Å². The first-order valence-corrected chi connectivity index (χ1v) is 13.0. The van der Waals surface area contributed by atoms with Crippen molar-refractivity contribution in [3.05, 3.63) is 45.7 Å². The molecule has 0 spiro atoms. The molecule has 3 aromatic rings. The van der Waals surface area contributed by atoms with Gasteiger partial charge in [0.05, 0.1) is 4.88 Å². The largest absolute Gasteiger partial charge is 0.456 e. The van der Waals surface area contributed by atoms with Crippen LogP contribution in [0.3, 0.4) is 0 Å². The molecule has 0 unspecified atom stereocenters. The molecular weight excluding hydrogens is 518 g/mol. The number of halogens is 1. The van der Waals surface area contributed by atoms with Gasteiger partial charge in [-0.2, -0.15) is 0 Å². The van der Waals surface area contributed by atoms with Crippen LogP contribution in [-0.4, -0.2) is 47.0 Å². The molecule has 0 radical (unpaired) electrons. The number of amides is 1. The number of hydrogen-bond acceptors (Lipinski definition) is 6. The van der Waals surface area contributed by atoms with Crippen molar-refractivity contribution >= 4 is 66.0 Å². The van der Waals surface area contributed by atoms with Crippen LogP contribution in [0.5, 0.6) is 0 Å². The van der Waals surface area contributed by atoms with E-state index in [9.17, 15) is 14.4 Å². The second-order valence-corrected chi connectivity index (χ2v) is 12.0. The molecule has 1 saturated carbocycles. The number of ether oxygens (including phenoxy) is 2. The Morgan fingerprint density at radius 3 is 2.62 bits per heavy atom. The van der Waals surface area contributed by atoms with Crippen LogP contribution in [0.25, 0.3) is 20.9 Å². The van der Waals surface area contributed by atoms with Crippen LogP contribution >= 0.6 is 27.3 Å². The maximum Gasteiger partial charge on any atom is 0.411 e. The zero-order valence-electron chi connectivity index (χ0n) is 19.3. The minimum Gasteiger partial charge on any atom is -0.456 e. The number of Topliss-reactive ketones (excluding diaryl/α,β-unsaturated/α-hetero) is 1. The van der Waals surface area contributed by atoms with Gasteiger partial charge in [0.1, 0.15) is 11.6 Å². The Balaban J connectivity index is 1.30. The maximum atomic E-state index is 13.0. The van der Waals surface area contributed by atoms with E-state index in [0.717, 1.165) is 44.6 Å². The predicted octanol–water partition coefficient (Wildman–Crippen LogP) is 6.33. The Morgan fingerprint density at radius 1 is 1.09 bits per heavy atom. The highest BCUT2D eigenvalue weighted by Crippen LogP contribution is 2.43. The van der Waals surface area contributed by atoms with Crippen molar-refractivity contribution in [3.63, 3.8) is 0 Å². The van der Waals surface area contributed by atoms with E-state index in [1.807, 2.05) is 36.4 Å². The van der Waals surface area contributed by atoms with Crippen LogP contribution in [0, 0.1) is 5.92 Å². The summed E-state index contributed by atoms with van der Waals surface area (Å²) >= 11 is 4.90. The Bertz CT molecular complexity index is 1310. The summed E-state index contributed by atoms with van der Waals surface area (Å²) in [6.45, 7) is 5.07. The van der Waals surface area contributed by atoms with E-state index in [1.165, 1.54) is 16.2 Å². The van der Waals surface area contributed by atoms with Crippen molar-refractivity contribution in [2.24, 2.45) is 5.92 Å². The smallest absolute Gasteiger partial charge is 0.411 e. The van der Waals surface area contributed by atoms with E-state index in [2.05, 4.69) is 15.9 Å². The predicted molar refractivity (Wildman–Crippen MR) is 135 cm³/mol. The summed E-state index contributed by atoms with van der Waals surface area (Å²) in [5.74, 6) is -0.718. The Hall–Kier alpha value is -2.45. The van der Waals surface area contributed by atoms with Crippen molar-refractivity contribution in [2.75, 3.05) is 6.61 Å². The quantitative estimate of drug-likeness (QED) is 0.284. The number of piperidine rings is 1. The molecule has 1 saturated heterocycles. The van der Waals surface area contributed by atoms with Crippen molar-refractivity contribution in [3.8, 4) is 0 Å². The molecule has 3 atom stereocenters. The SMILES string of the molecule is CC(C)(C)OC(=O)N1[C@@H]2CC[C@@H](C2)[C@H]1C(=O)OCC(=O)c1cc2ccc3cc(Br)ccc3c2s1. The molecule has 1 aliphatic carbocycles. The first kappa shape index (κ1) is 23.3. The normalized spacial score (nSPS) is 21.9. The number of thiophene rings is 1. The lowest BCUT2D eigenvalue weighted by Gasteiger charge is -2.34. The minimum atomic E-state index is -0.689. The van der Waals surface area contributed by atoms with Crippen molar-refractivity contribution in [1.29, 1.82) is 0 Å². The van der Waals surface area contributed by atoms with Gasteiger partial charge in [0, 0.05) is 15.2 Å². The molecule has 2 aromatic carbocycles. The summed E-state index contributed by atoms with van der Waals surface area (Å²) < 4.78 is 13.0. The van der Waals surface area contributed by atoms with E-state index >= 15 is 0 Å². The Labute approximate surface area is 210 Å². The molecular formula is C26H26BrNO5S. The molecule has 2 heterocycles. The number of benzene rings is 2. The number of nitrogens with zero attached hydrogens (tertiary/aromatic N) is 1. The van der Waals surface area contributed by atoms with Gasteiger partial charge in [0.15, 0.2) is 6.61 Å². The van der Waals surface area contributed by atoms with E-state index in [-0.39, 0.29) is 24.3 Å². The van der Waals surface area contributed by atoms with E-state index < -0.39 is 23.7 Å². The Morgan fingerprint density at radius 2 is 1.85 bits per heavy atom. The molecule has 34 heavy (non-hydrogen) atoms. The number of fused-ring (bicyclic) bond motifs is 5. The first-order chi connectivity index (χ1) is 16.1. The maximum absolute atomic E-state index is 13.0. The second-order valence-electron chi connectivity index (χ2n) is 10.1. The van der Waals surface area contributed by atoms with Crippen molar-refractivity contribution < 1.29 is 23.9 Å². The lowest BCUT2D eigenvalue weighted by Crippen LogP contribution is -2.51. The van der Waals surface area contributed by atoms with Gasteiger partial charge >= 0.3 is 12.1 Å². The Kier molecular flexibility index (Phi) is 5.92. The average molecular weight is 544 g/mol. The highest BCUT2D eigenvalue weighted by molar-refractivity contribution is 9.10. The molecule has 8 heteroatoms. The molecule has 2 bridgehead atoms. The van der Waals surface area contributed by atoms with Gasteiger partial charge in [-0.15, -0.1) is 11.3 Å². The number of rotatable bonds is 4. The van der Waals surface area contributed by atoms with Crippen LogP contribution in [-0.2, 0) is 14.3 Å². The van der Waals surface area contributed by atoms with Crippen LogP contribution in [0.4, 0.5) is 4.79 Å². The molecule has 2 fully saturated rings. The van der Waals surface area contributed by atoms with Gasteiger partial charge in [-0.1, -0.05) is 34.1 Å². The third-order valence-electron chi connectivity index (χ3n) is 6.51. The third kappa shape index (κ3) is 4.33. The number of hydrogen-bond donors (Lipinski definition) is 0. The highest BCUT2D eigenvalue weighted by atomic mass is 79.9.